The van der Waals surface area contributed by atoms with E-state index in [2.05, 4.69) is 32.8 Å². The number of urea groups is 1. The first-order valence-electron chi connectivity index (χ1n) is 8.16. The van der Waals surface area contributed by atoms with E-state index in [0.29, 0.717) is 5.82 Å². The number of carbonyl (C=O) groups excluding carboxylic acids is 1. The molecule has 0 bridgehead atoms. The van der Waals surface area contributed by atoms with E-state index in [1.165, 1.54) is 5.56 Å². The zero-order valence-corrected chi connectivity index (χ0v) is 13.9. The Morgan fingerprint density at radius 1 is 1.17 bits per heavy atom. The van der Waals surface area contributed by atoms with Crippen LogP contribution in [0.1, 0.15) is 5.56 Å². The Bertz CT molecular complexity index is 662. The lowest BCUT2D eigenvalue weighted by Gasteiger charge is -2.26. The first-order chi connectivity index (χ1) is 11.7. The van der Waals surface area contributed by atoms with Crippen LogP contribution in [0.2, 0.25) is 0 Å². The lowest BCUT2D eigenvalue weighted by atomic mass is 10.1. The highest BCUT2D eigenvalue weighted by molar-refractivity contribution is 5.99. The van der Waals surface area contributed by atoms with Crippen molar-refractivity contribution >= 4 is 17.5 Å². The number of hydrogen-bond donors (Lipinski definition) is 2. The predicted octanol–water partition coefficient (Wildman–Crippen LogP) is 1.94. The average Bonchev–Trinajstić information content (AvgIpc) is 3.00. The van der Waals surface area contributed by atoms with Crippen molar-refractivity contribution in [2.24, 2.45) is 7.05 Å². The molecule has 1 aliphatic rings. The lowest BCUT2D eigenvalue weighted by Crippen LogP contribution is -2.37. The molecule has 1 aliphatic heterocycles. The summed E-state index contributed by atoms with van der Waals surface area (Å²) in [5.74, 6) is 0.525. The number of morpholine rings is 1. The molecule has 0 atom stereocenters. The van der Waals surface area contributed by atoms with E-state index in [-0.39, 0.29) is 6.03 Å². The van der Waals surface area contributed by atoms with Crippen LogP contribution in [0.5, 0.6) is 0 Å². The summed E-state index contributed by atoms with van der Waals surface area (Å²) in [4.78, 5) is 14.3. The molecular weight excluding hydrogens is 306 g/mol. The number of carbonyl (C=O) groups is 1. The van der Waals surface area contributed by atoms with Crippen LogP contribution in [0.3, 0.4) is 0 Å². The minimum Gasteiger partial charge on any atom is -0.379 e. The number of nitrogens with zero attached hydrogens (tertiary/aromatic N) is 3. The number of ether oxygens (including phenoxy) is 1. The highest BCUT2D eigenvalue weighted by Crippen LogP contribution is 2.12. The molecule has 2 heterocycles. The standard InChI is InChI=1S/C17H23N5O2/c1-21-8-7-16(20-21)19-17(23)18-15-4-2-14(3-5-15)6-9-22-10-12-24-13-11-22/h2-5,7-8H,6,9-13H2,1H3,(H2,18,19,20,23). The number of amides is 2. The minimum absolute atomic E-state index is 0.297. The third-order valence-corrected chi connectivity index (χ3v) is 3.99. The van der Waals surface area contributed by atoms with Crippen LogP contribution in [-0.4, -0.2) is 53.6 Å². The predicted molar refractivity (Wildman–Crippen MR) is 93.3 cm³/mol. The molecule has 24 heavy (non-hydrogen) atoms. The molecule has 3 rings (SSSR count). The van der Waals surface area contributed by atoms with Gasteiger partial charge in [-0.05, 0) is 24.1 Å². The van der Waals surface area contributed by atoms with E-state index in [9.17, 15) is 4.79 Å². The van der Waals surface area contributed by atoms with Crippen molar-refractivity contribution in [3.8, 4) is 0 Å². The van der Waals surface area contributed by atoms with Gasteiger partial charge in [0.1, 0.15) is 0 Å². The fraction of sp³-hybridized carbons (Fsp3) is 0.412. The van der Waals surface area contributed by atoms with Gasteiger partial charge in [0.2, 0.25) is 0 Å². The molecule has 2 aromatic rings. The molecule has 128 valence electrons. The zero-order chi connectivity index (χ0) is 16.8. The van der Waals surface area contributed by atoms with Crippen molar-refractivity contribution in [2.45, 2.75) is 6.42 Å². The summed E-state index contributed by atoms with van der Waals surface area (Å²) in [6.45, 7) is 4.71. The average molecular weight is 329 g/mol. The Morgan fingerprint density at radius 2 is 1.92 bits per heavy atom. The molecule has 7 heteroatoms. The Kier molecular flexibility index (Phi) is 5.45. The summed E-state index contributed by atoms with van der Waals surface area (Å²) >= 11 is 0. The van der Waals surface area contributed by atoms with Gasteiger partial charge in [0.15, 0.2) is 5.82 Å². The Balaban J connectivity index is 1.46. The number of aromatic nitrogens is 2. The number of aryl methyl sites for hydroxylation is 1. The van der Waals surface area contributed by atoms with E-state index in [0.717, 1.165) is 45.0 Å². The van der Waals surface area contributed by atoms with E-state index in [1.54, 1.807) is 24.0 Å². The largest absolute Gasteiger partial charge is 0.379 e. The topological polar surface area (TPSA) is 71.4 Å². The maximum absolute atomic E-state index is 11.9. The van der Waals surface area contributed by atoms with Gasteiger partial charge in [0.25, 0.3) is 0 Å². The highest BCUT2D eigenvalue weighted by Gasteiger charge is 2.10. The van der Waals surface area contributed by atoms with Gasteiger partial charge in [-0.15, -0.1) is 0 Å². The lowest BCUT2D eigenvalue weighted by molar-refractivity contribution is 0.0384. The van der Waals surface area contributed by atoms with Crippen molar-refractivity contribution in [1.29, 1.82) is 0 Å². The summed E-state index contributed by atoms with van der Waals surface area (Å²) in [7, 11) is 1.80. The van der Waals surface area contributed by atoms with Gasteiger partial charge in [-0.2, -0.15) is 5.10 Å². The number of anilines is 2. The van der Waals surface area contributed by atoms with E-state index < -0.39 is 0 Å². The quantitative estimate of drug-likeness (QED) is 0.879. The summed E-state index contributed by atoms with van der Waals surface area (Å²) in [5, 5.41) is 9.61. The molecule has 2 N–H and O–H groups in total. The molecule has 7 nitrogen and oxygen atoms in total. The number of rotatable bonds is 5. The molecule has 2 amide bonds. The molecule has 0 aliphatic carbocycles. The Labute approximate surface area is 141 Å². The van der Waals surface area contributed by atoms with Crippen LogP contribution in [0.25, 0.3) is 0 Å². The first kappa shape index (κ1) is 16.5. The van der Waals surface area contributed by atoms with Crippen LogP contribution in [-0.2, 0) is 18.2 Å². The van der Waals surface area contributed by atoms with Gasteiger partial charge in [0.05, 0.1) is 13.2 Å². The normalized spacial score (nSPS) is 15.2. The molecule has 1 aromatic heterocycles. The van der Waals surface area contributed by atoms with Crippen molar-refractivity contribution in [2.75, 3.05) is 43.5 Å². The molecule has 1 fully saturated rings. The van der Waals surface area contributed by atoms with Gasteiger partial charge >= 0.3 is 6.03 Å². The molecule has 0 spiro atoms. The first-order valence-corrected chi connectivity index (χ1v) is 8.16. The molecule has 1 saturated heterocycles. The molecule has 1 aromatic carbocycles. The maximum atomic E-state index is 11.9. The zero-order valence-electron chi connectivity index (χ0n) is 13.9. The van der Waals surface area contributed by atoms with Crippen molar-refractivity contribution in [3.63, 3.8) is 0 Å². The van der Waals surface area contributed by atoms with Crippen LogP contribution >= 0.6 is 0 Å². The smallest absolute Gasteiger partial charge is 0.324 e. The van der Waals surface area contributed by atoms with Crippen molar-refractivity contribution in [1.82, 2.24) is 14.7 Å². The summed E-state index contributed by atoms with van der Waals surface area (Å²) in [6, 6.07) is 9.40. The van der Waals surface area contributed by atoms with Crippen LogP contribution in [0.4, 0.5) is 16.3 Å². The van der Waals surface area contributed by atoms with E-state index >= 15 is 0 Å². The number of nitrogens with one attached hydrogen (secondary N) is 2. The highest BCUT2D eigenvalue weighted by atomic mass is 16.5. The van der Waals surface area contributed by atoms with E-state index in [4.69, 9.17) is 4.74 Å². The fourth-order valence-corrected chi connectivity index (χ4v) is 2.63. The minimum atomic E-state index is -0.297. The fourth-order valence-electron chi connectivity index (χ4n) is 2.63. The van der Waals surface area contributed by atoms with Crippen molar-refractivity contribution < 1.29 is 9.53 Å². The molecule has 0 radical (unpaired) electrons. The summed E-state index contributed by atoms with van der Waals surface area (Å²) < 4.78 is 6.99. The van der Waals surface area contributed by atoms with Gasteiger partial charge in [-0.3, -0.25) is 14.9 Å². The van der Waals surface area contributed by atoms with Crippen LogP contribution in [0, 0.1) is 0 Å². The summed E-state index contributed by atoms with van der Waals surface area (Å²) in [6.07, 6.45) is 2.78. The second-order valence-electron chi connectivity index (χ2n) is 5.85. The number of hydrogen-bond acceptors (Lipinski definition) is 4. The molecule has 0 unspecified atom stereocenters. The maximum Gasteiger partial charge on any atom is 0.324 e. The summed E-state index contributed by atoms with van der Waals surface area (Å²) in [5.41, 5.74) is 2.02. The van der Waals surface area contributed by atoms with Crippen LogP contribution < -0.4 is 10.6 Å². The second-order valence-corrected chi connectivity index (χ2v) is 5.85. The monoisotopic (exact) mass is 329 g/mol. The van der Waals surface area contributed by atoms with Crippen molar-refractivity contribution in [3.05, 3.63) is 42.1 Å². The van der Waals surface area contributed by atoms with Gasteiger partial charge in [0, 0.05) is 44.6 Å². The van der Waals surface area contributed by atoms with Crippen LogP contribution in [0.15, 0.2) is 36.5 Å². The Morgan fingerprint density at radius 3 is 2.58 bits per heavy atom. The van der Waals surface area contributed by atoms with E-state index in [1.807, 2.05) is 12.1 Å². The number of benzene rings is 1. The molecule has 0 saturated carbocycles. The SMILES string of the molecule is Cn1ccc(NC(=O)Nc2ccc(CCN3CCOCC3)cc2)n1. The third-order valence-electron chi connectivity index (χ3n) is 3.99. The Hall–Kier alpha value is -2.38. The second kappa shape index (κ2) is 7.94. The third kappa shape index (κ3) is 4.81. The molecular formula is C17H23N5O2. The van der Waals surface area contributed by atoms with Gasteiger partial charge < -0.3 is 10.1 Å². The van der Waals surface area contributed by atoms with Gasteiger partial charge in [-0.25, -0.2) is 4.79 Å². The van der Waals surface area contributed by atoms with Gasteiger partial charge in [-0.1, -0.05) is 12.1 Å².